The molecule has 2 aliphatic rings. The van der Waals surface area contributed by atoms with Gasteiger partial charge in [0.15, 0.2) is 29.3 Å². The van der Waals surface area contributed by atoms with Crippen LogP contribution in [0.1, 0.15) is 86.8 Å². The predicted molar refractivity (Wildman–Crippen MR) is 216 cm³/mol. The molecule has 7 N–H and O–H groups in total. The van der Waals surface area contributed by atoms with Gasteiger partial charge in [-0.2, -0.15) is 0 Å². The summed E-state index contributed by atoms with van der Waals surface area (Å²) in [6.45, 7) is 8.36. The summed E-state index contributed by atoms with van der Waals surface area (Å²) in [4.78, 5) is 55.0. The van der Waals surface area contributed by atoms with Crippen LogP contribution in [0.15, 0.2) is 67.0 Å². The first-order chi connectivity index (χ1) is 27.7. The molecule has 4 amide bonds. The van der Waals surface area contributed by atoms with E-state index in [1.165, 1.54) is 43.0 Å². The van der Waals surface area contributed by atoms with Gasteiger partial charge in [-0.1, -0.05) is 79.9 Å². The number of carbonyl (C=O) groups is 3. The normalized spacial score (nSPS) is 19.9. The van der Waals surface area contributed by atoms with Crippen LogP contribution in [0.3, 0.4) is 0 Å². The van der Waals surface area contributed by atoms with Crippen molar-refractivity contribution in [2.75, 3.05) is 44.6 Å². The van der Waals surface area contributed by atoms with E-state index < -0.39 is 36.4 Å². The van der Waals surface area contributed by atoms with E-state index in [2.05, 4.69) is 60.3 Å². The first kappa shape index (κ1) is 41.5. The lowest BCUT2D eigenvalue weighted by atomic mass is 9.91. The summed E-state index contributed by atoms with van der Waals surface area (Å²) < 4.78 is 7.26. The van der Waals surface area contributed by atoms with Crippen molar-refractivity contribution < 1.29 is 29.3 Å². The number of likely N-dealkylation sites (N-methyl/N-ethyl adjacent to an activating group) is 1. The summed E-state index contributed by atoms with van der Waals surface area (Å²) in [5, 5.41) is 36.3. The van der Waals surface area contributed by atoms with Gasteiger partial charge in [0.2, 0.25) is 5.82 Å². The maximum absolute atomic E-state index is 13.6. The second-order valence-electron chi connectivity index (χ2n) is 14.9. The van der Waals surface area contributed by atoms with Crippen molar-refractivity contribution in [2.45, 2.75) is 95.4 Å². The van der Waals surface area contributed by atoms with E-state index in [9.17, 15) is 24.6 Å². The highest BCUT2D eigenvalue weighted by molar-refractivity contribution is 5.94. The second kappa shape index (κ2) is 19.8. The summed E-state index contributed by atoms with van der Waals surface area (Å²) in [6, 6.07) is 20.6. The SMILES string of the molecule is CCNC(=O)[C@H]1O[C@@H](n2cnc3c(NCC(c4ccccc4)c4ccccc4)nc(C(=O)NCCNC(=O)NCCN(C(C)C)C4CCCCC4)nc32)[C@@H](O)[C@@H]1O. The van der Waals surface area contributed by atoms with Gasteiger partial charge in [-0.25, -0.2) is 19.7 Å². The number of benzene rings is 2. The van der Waals surface area contributed by atoms with E-state index in [4.69, 9.17) is 4.74 Å². The quantitative estimate of drug-likeness (QED) is 0.0775. The number of anilines is 1. The molecule has 3 heterocycles. The summed E-state index contributed by atoms with van der Waals surface area (Å²) >= 11 is 0. The third-order valence-electron chi connectivity index (χ3n) is 10.7. The highest BCUT2D eigenvalue weighted by Crippen LogP contribution is 2.33. The predicted octanol–water partition coefficient (Wildman–Crippen LogP) is 2.90. The molecule has 2 aromatic heterocycles. The van der Waals surface area contributed by atoms with E-state index in [1.807, 2.05) is 60.7 Å². The number of nitrogens with zero attached hydrogens (tertiary/aromatic N) is 5. The van der Waals surface area contributed by atoms with Gasteiger partial charge >= 0.3 is 6.03 Å². The lowest BCUT2D eigenvalue weighted by Gasteiger charge is -2.37. The molecule has 16 nitrogen and oxygen atoms in total. The monoisotopic (exact) mass is 784 g/mol. The van der Waals surface area contributed by atoms with Gasteiger partial charge < -0.3 is 41.5 Å². The Kier molecular flexibility index (Phi) is 14.4. The van der Waals surface area contributed by atoms with Gasteiger partial charge in [-0.3, -0.25) is 19.1 Å². The third kappa shape index (κ3) is 10.2. The van der Waals surface area contributed by atoms with E-state index >= 15 is 0 Å². The average Bonchev–Trinajstić information content (AvgIpc) is 3.78. The van der Waals surface area contributed by atoms with Crippen molar-refractivity contribution in [2.24, 2.45) is 0 Å². The summed E-state index contributed by atoms with van der Waals surface area (Å²) in [7, 11) is 0. The van der Waals surface area contributed by atoms with Crippen LogP contribution >= 0.6 is 0 Å². The van der Waals surface area contributed by atoms with Crippen molar-refractivity contribution in [1.29, 1.82) is 0 Å². The minimum atomic E-state index is -1.52. The van der Waals surface area contributed by atoms with Crippen molar-refractivity contribution in [1.82, 2.24) is 45.7 Å². The maximum atomic E-state index is 13.6. The number of imidazole rings is 1. The molecule has 1 aliphatic carbocycles. The Balaban J connectivity index is 1.16. The van der Waals surface area contributed by atoms with Crippen LogP contribution in [0.5, 0.6) is 0 Å². The molecule has 4 aromatic rings. The molecule has 1 aliphatic heterocycles. The molecular formula is C41H56N10O6. The zero-order chi connectivity index (χ0) is 40.3. The number of ether oxygens (including phenoxy) is 1. The number of aliphatic hydroxyl groups excluding tert-OH is 2. The zero-order valence-electron chi connectivity index (χ0n) is 32.9. The third-order valence-corrected chi connectivity index (χ3v) is 10.7. The molecule has 0 unspecified atom stereocenters. The van der Waals surface area contributed by atoms with E-state index in [0.29, 0.717) is 31.7 Å². The van der Waals surface area contributed by atoms with Crippen LogP contribution < -0.4 is 26.6 Å². The lowest BCUT2D eigenvalue weighted by molar-refractivity contribution is -0.137. The Morgan fingerprint density at radius 3 is 2.16 bits per heavy atom. The number of urea groups is 1. The Morgan fingerprint density at radius 2 is 1.51 bits per heavy atom. The lowest BCUT2D eigenvalue weighted by Crippen LogP contribution is -2.47. The zero-order valence-corrected chi connectivity index (χ0v) is 32.9. The molecule has 6 rings (SSSR count). The van der Waals surface area contributed by atoms with Crippen LogP contribution in [0.25, 0.3) is 11.2 Å². The molecule has 1 saturated carbocycles. The Labute approximate surface area is 333 Å². The molecule has 1 saturated heterocycles. The minimum Gasteiger partial charge on any atom is -0.387 e. The first-order valence-electron chi connectivity index (χ1n) is 20.1. The van der Waals surface area contributed by atoms with Crippen LogP contribution in [0.2, 0.25) is 0 Å². The average molecular weight is 785 g/mol. The smallest absolute Gasteiger partial charge is 0.314 e. The summed E-state index contributed by atoms with van der Waals surface area (Å²) in [6.07, 6.45) is 1.95. The van der Waals surface area contributed by atoms with Gasteiger partial charge in [0.1, 0.15) is 12.2 Å². The van der Waals surface area contributed by atoms with E-state index in [0.717, 1.165) is 17.7 Å². The van der Waals surface area contributed by atoms with Gasteiger partial charge in [0.05, 0.1) is 6.33 Å². The number of rotatable bonds is 17. The van der Waals surface area contributed by atoms with Crippen molar-refractivity contribution in [3.05, 3.63) is 83.9 Å². The number of carbonyl (C=O) groups excluding carboxylic acids is 3. The fourth-order valence-corrected chi connectivity index (χ4v) is 7.77. The number of aromatic nitrogens is 4. The molecule has 0 spiro atoms. The fourth-order valence-electron chi connectivity index (χ4n) is 7.77. The highest BCUT2D eigenvalue weighted by Gasteiger charge is 2.47. The fraction of sp³-hybridized carbons (Fsp3) is 0.512. The second-order valence-corrected chi connectivity index (χ2v) is 14.9. The Morgan fingerprint density at radius 1 is 0.860 bits per heavy atom. The van der Waals surface area contributed by atoms with Crippen molar-refractivity contribution >= 4 is 34.8 Å². The number of fused-ring (bicyclic) bond motifs is 1. The maximum Gasteiger partial charge on any atom is 0.314 e. The van der Waals surface area contributed by atoms with Gasteiger partial charge in [0.25, 0.3) is 11.8 Å². The van der Waals surface area contributed by atoms with Crippen LogP contribution in [0.4, 0.5) is 10.6 Å². The Bertz CT molecular complexity index is 1880. The molecule has 2 fully saturated rings. The molecular weight excluding hydrogens is 729 g/mol. The molecule has 0 bridgehead atoms. The van der Waals surface area contributed by atoms with Gasteiger partial charge in [0, 0.05) is 57.3 Å². The molecule has 4 atom stereocenters. The standard InChI is InChI=1S/C41H56N10O6/c1-4-42-38(54)34-32(52)33(53)40(57-34)51-25-47-31-35(46-24-30(27-14-8-5-9-15-27)28-16-10-6-11-17-28)48-36(49-37(31)51)39(55)43-20-21-44-41(56)45-22-23-50(26(2)3)29-18-12-7-13-19-29/h5-6,8-11,14-17,25-26,29-30,32-34,40,52-53H,4,7,12-13,18-24H2,1-3H3,(H,42,54)(H,43,55)(H2,44,45,56)(H,46,48,49)/t32-,33-,34-,40+/m0/s1. The minimum absolute atomic E-state index is 0.0947. The van der Waals surface area contributed by atoms with Gasteiger partial charge in [-0.05, 0) is 44.7 Å². The molecule has 16 heteroatoms. The topological polar surface area (TPSA) is 208 Å². The Hall–Kier alpha value is -5.16. The number of amides is 4. The molecule has 306 valence electrons. The van der Waals surface area contributed by atoms with Crippen LogP contribution in [-0.4, -0.2) is 122 Å². The van der Waals surface area contributed by atoms with Gasteiger partial charge in [-0.15, -0.1) is 0 Å². The van der Waals surface area contributed by atoms with Crippen molar-refractivity contribution in [3.8, 4) is 0 Å². The molecule has 57 heavy (non-hydrogen) atoms. The molecule has 0 radical (unpaired) electrons. The number of aliphatic hydroxyl groups is 2. The highest BCUT2D eigenvalue weighted by atomic mass is 16.6. The van der Waals surface area contributed by atoms with Crippen LogP contribution in [0, 0.1) is 0 Å². The largest absolute Gasteiger partial charge is 0.387 e. The van der Waals surface area contributed by atoms with E-state index in [1.54, 1.807) is 6.92 Å². The number of hydrogen-bond acceptors (Lipinski definition) is 11. The van der Waals surface area contributed by atoms with E-state index in [-0.39, 0.29) is 47.8 Å². The van der Waals surface area contributed by atoms with Crippen molar-refractivity contribution in [3.63, 3.8) is 0 Å². The summed E-state index contributed by atoms with van der Waals surface area (Å²) in [5.41, 5.74) is 2.56. The van der Waals surface area contributed by atoms with Crippen LogP contribution in [-0.2, 0) is 9.53 Å². The molecule has 2 aromatic carbocycles. The summed E-state index contributed by atoms with van der Waals surface area (Å²) in [5.74, 6) is -1.21. The number of hydrogen-bond donors (Lipinski definition) is 7. The number of nitrogens with one attached hydrogen (secondary N) is 5. The first-order valence-corrected chi connectivity index (χ1v) is 20.1.